The first-order chi connectivity index (χ1) is 14.3. The average Bonchev–Trinajstić information content (AvgIpc) is 3.05. The van der Waals surface area contributed by atoms with E-state index < -0.39 is 10.0 Å². The summed E-state index contributed by atoms with van der Waals surface area (Å²) in [5.41, 5.74) is 5.09. The van der Waals surface area contributed by atoms with E-state index in [1.807, 2.05) is 23.9 Å². The number of rotatable bonds is 6. The van der Waals surface area contributed by atoms with Crippen molar-refractivity contribution < 1.29 is 13.2 Å². The first kappa shape index (κ1) is 21.1. The SMILES string of the molecule is Cc1ccc(COCc2nn(C)c3c2CN(S(=O)(=O)c2ccc(Cl)cc2)CC3)cc1. The molecule has 0 N–H and O–H groups in total. The minimum absolute atomic E-state index is 0.247. The molecule has 0 unspecified atom stereocenters. The van der Waals surface area contributed by atoms with Gasteiger partial charge in [0.2, 0.25) is 10.0 Å². The van der Waals surface area contributed by atoms with E-state index in [4.69, 9.17) is 16.3 Å². The number of nitrogens with zero attached hydrogens (tertiary/aromatic N) is 3. The molecule has 0 bridgehead atoms. The molecule has 6 nitrogen and oxygen atoms in total. The Morgan fingerprint density at radius 3 is 2.47 bits per heavy atom. The number of fused-ring (bicyclic) bond motifs is 1. The molecule has 4 rings (SSSR count). The van der Waals surface area contributed by atoms with Crippen LogP contribution in [0.2, 0.25) is 5.02 Å². The summed E-state index contributed by atoms with van der Waals surface area (Å²) >= 11 is 5.91. The molecular weight excluding hydrogens is 422 g/mol. The smallest absolute Gasteiger partial charge is 0.243 e. The van der Waals surface area contributed by atoms with Crippen LogP contribution in [0.25, 0.3) is 0 Å². The van der Waals surface area contributed by atoms with Crippen molar-refractivity contribution in [2.24, 2.45) is 7.05 Å². The van der Waals surface area contributed by atoms with Gasteiger partial charge in [-0.15, -0.1) is 0 Å². The number of aromatic nitrogens is 2. The monoisotopic (exact) mass is 445 g/mol. The van der Waals surface area contributed by atoms with Crippen LogP contribution in [0.3, 0.4) is 0 Å². The van der Waals surface area contributed by atoms with Gasteiger partial charge in [-0.2, -0.15) is 9.40 Å². The van der Waals surface area contributed by atoms with Gasteiger partial charge in [0.1, 0.15) is 0 Å². The Kier molecular flexibility index (Phi) is 5.97. The molecule has 0 atom stereocenters. The zero-order valence-corrected chi connectivity index (χ0v) is 18.6. The van der Waals surface area contributed by atoms with Crippen molar-refractivity contribution in [3.05, 3.63) is 81.6 Å². The highest BCUT2D eigenvalue weighted by atomic mass is 35.5. The Balaban J connectivity index is 1.50. The largest absolute Gasteiger partial charge is 0.370 e. The molecule has 0 aliphatic carbocycles. The standard InChI is InChI=1S/C22H24ClN3O3S/c1-16-3-5-17(6-4-16)14-29-15-21-20-13-26(12-11-22(20)25(2)24-21)30(27,28)19-9-7-18(23)8-10-19/h3-10H,11-15H2,1-2H3. The van der Waals surface area contributed by atoms with E-state index in [0.29, 0.717) is 31.2 Å². The van der Waals surface area contributed by atoms with Crippen LogP contribution in [-0.2, 0) is 48.0 Å². The summed E-state index contributed by atoms with van der Waals surface area (Å²) in [7, 11) is -1.71. The predicted octanol–water partition coefficient (Wildman–Crippen LogP) is 3.85. The van der Waals surface area contributed by atoms with E-state index in [-0.39, 0.29) is 11.4 Å². The molecule has 2 aromatic carbocycles. The van der Waals surface area contributed by atoms with Crippen molar-refractivity contribution >= 4 is 21.6 Å². The van der Waals surface area contributed by atoms with E-state index in [9.17, 15) is 8.42 Å². The first-order valence-corrected chi connectivity index (χ1v) is 11.6. The van der Waals surface area contributed by atoms with Crippen LogP contribution < -0.4 is 0 Å². The summed E-state index contributed by atoms with van der Waals surface area (Å²) in [6.07, 6.45) is 0.615. The Morgan fingerprint density at radius 2 is 1.77 bits per heavy atom. The molecule has 1 aromatic heterocycles. The molecule has 3 aromatic rings. The second-order valence-corrected chi connectivity index (χ2v) is 9.89. The van der Waals surface area contributed by atoms with E-state index >= 15 is 0 Å². The second-order valence-electron chi connectivity index (χ2n) is 7.52. The minimum atomic E-state index is -3.60. The molecule has 0 fully saturated rings. The van der Waals surface area contributed by atoms with Crippen LogP contribution >= 0.6 is 11.6 Å². The lowest BCUT2D eigenvalue weighted by Gasteiger charge is -2.27. The number of aryl methyl sites for hydroxylation is 2. The molecule has 30 heavy (non-hydrogen) atoms. The fourth-order valence-corrected chi connectivity index (χ4v) is 5.21. The Labute approximate surface area is 182 Å². The molecule has 0 spiro atoms. The lowest BCUT2D eigenvalue weighted by atomic mass is 10.1. The Morgan fingerprint density at radius 1 is 1.07 bits per heavy atom. The van der Waals surface area contributed by atoms with Crippen molar-refractivity contribution in [1.29, 1.82) is 0 Å². The maximum atomic E-state index is 13.1. The zero-order valence-electron chi connectivity index (χ0n) is 17.0. The third kappa shape index (κ3) is 4.30. The Hall–Kier alpha value is -2.19. The summed E-state index contributed by atoms with van der Waals surface area (Å²) in [6.45, 7) is 3.58. The molecule has 2 heterocycles. The molecule has 8 heteroatoms. The van der Waals surface area contributed by atoms with Crippen LogP contribution in [0.1, 0.15) is 28.1 Å². The summed E-state index contributed by atoms with van der Waals surface area (Å²) < 4.78 is 35.4. The number of hydrogen-bond acceptors (Lipinski definition) is 4. The van der Waals surface area contributed by atoms with E-state index in [2.05, 4.69) is 24.2 Å². The normalized spacial score (nSPS) is 14.6. The molecule has 0 amide bonds. The third-order valence-corrected chi connectivity index (χ3v) is 7.48. The lowest BCUT2D eigenvalue weighted by Crippen LogP contribution is -2.36. The van der Waals surface area contributed by atoms with Gasteiger partial charge in [0, 0.05) is 42.8 Å². The van der Waals surface area contributed by atoms with Gasteiger partial charge in [-0.05, 0) is 36.8 Å². The van der Waals surface area contributed by atoms with Crippen molar-refractivity contribution in [2.45, 2.75) is 38.0 Å². The first-order valence-electron chi connectivity index (χ1n) is 9.77. The quantitative estimate of drug-likeness (QED) is 0.578. The maximum Gasteiger partial charge on any atom is 0.243 e. The van der Waals surface area contributed by atoms with Crippen LogP contribution in [-0.4, -0.2) is 29.0 Å². The fourth-order valence-electron chi connectivity index (χ4n) is 3.67. The molecule has 1 aliphatic rings. The van der Waals surface area contributed by atoms with Gasteiger partial charge < -0.3 is 4.74 Å². The molecule has 0 saturated heterocycles. The van der Waals surface area contributed by atoms with Crippen molar-refractivity contribution in [2.75, 3.05) is 6.54 Å². The van der Waals surface area contributed by atoms with E-state index in [1.54, 1.807) is 24.3 Å². The summed E-state index contributed by atoms with van der Waals surface area (Å²) in [5.74, 6) is 0. The van der Waals surface area contributed by atoms with Crippen molar-refractivity contribution in [3.63, 3.8) is 0 Å². The topological polar surface area (TPSA) is 64.4 Å². The number of benzene rings is 2. The van der Waals surface area contributed by atoms with Gasteiger partial charge in [0.25, 0.3) is 0 Å². The van der Waals surface area contributed by atoms with Crippen LogP contribution in [0.5, 0.6) is 0 Å². The van der Waals surface area contributed by atoms with Crippen molar-refractivity contribution in [3.8, 4) is 0 Å². The van der Waals surface area contributed by atoms with Gasteiger partial charge in [-0.25, -0.2) is 8.42 Å². The maximum absolute atomic E-state index is 13.1. The molecule has 158 valence electrons. The highest BCUT2D eigenvalue weighted by molar-refractivity contribution is 7.89. The summed E-state index contributed by atoms with van der Waals surface area (Å²) in [4.78, 5) is 0.247. The summed E-state index contributed by atoms with van der Waals surface area (Å²) in [6, 6.07) is 14.5. The second kappa shape index (κ2) is 8.51. The summed E-state index contributed by atoms with van der Waals surface area (Å²) in [5, 5.41) is 5.10. The zero-order chi connectivity index (χ0) is 21.3. The van der Waals surface area contributed by atoms with E-state index in [0.717, 1.165) is 22.5 Å². The number of hydrogen-bond donors (Lipinski definition) is 0. The highest BCUT2D eigenvalue weighted by Crippen LogP contribution is 2.28. The van der Waals surface area contributed by atoms with Gasteiger partial charge in [0.05, 0.1) is 23.8 Å². The third-order valence-electron chi connectivity index (χ3n) is 5.37. The van der Waals surface area contributed by atoms with E-state index in [1.165, 1.54) is 9.87 Å². The number of ether oxygens (including phenoxy) is 1. The fraction of sp³-hybridized carbons (Fsp3) is 0.318. The highest BCUT2D eigenvalue weighted by Gasteiger charge is 2.31. The predicted molar refractivity (Wildman–Crippen MR) is 116 cm³/mol. The van der Waals surface area contributed by atoms with Gasteiger partial charge in [-0.1, -0.05) is 41.4 Å². The van der Waals surface area contributed by atoms with Crippen LogP contribution in [0.4, 0.5) is 0 Å². The minimum Gasteiger partial charge on any atom is -0.370 e. The molecule has 0 saturated carbocycles. The molecule has 1 aliphatic heterocycles. The van der Waals surface area contributed by atoms with Gasteiger partial charge >= 0.3 is 0 Å². The Bertz CT molecular complexity index is 1140. The van der Waals surface area contributed by atoms with Crippen LogP contribution in [0.15, 0.2) is 53.4 Å². The van der Waals surface area contributed by atoms with Crippen LogP contribution in [0, 0.1) is 6.92 Å². The van der Waals surface area contributed by atoms with Gasteiger partial charge in [-0.3, -0.25) is 4.68 Å². The van der Waals surface area contributed by atoms with Gasteiger partial charge in [0.15, 0.2) is 0 Å². The lowest BCUT2D eigenvalue weighted by molar-refractivity contribution is 0.103. The molecular formula is C22H24ClN3O3S. The number of sulfonamides is 1. The number of halogens is 1. The molecule has 0 radical (unpaired) electrons. The average molecular weight is 446 g/mol. The van der Waals surface area contributed by atoms with Crippen molar-refractivity contribution in [1.82, 2.24) is 14.1 Å².